The SMILES string of the molecule is Cc1nc(-c2csc(S(=O)(=O)NCC(C)c3ccccc3)c2)sc1C(=O)N1CCCCC1. The number of amides is 1. The maximum absolute atomic E-state index is 12.9. The summed E-state index contributed by atoms with van der Waals surface area (Å²) in [5, 5.41) is 2.47. The van der Waals surface area contributed by atoms with E-state index in [4.69, 9.17) is 0 Å². The van der Waals surface area contributed by atoms with E-state index in [2.05, 4.69) is 9.71 Å². The highest BCUT2D eigenvalue weighted by atomic mass is 32.2. The van der Waals surface area contributed by atoms with Crippen LogP contribution in [0, 0.1) is 6.92 Å². The minimum Gasteiger partial charge on any atom is -0.338 e. The van der Waals surface area contributed by atoms with Gasteiger partial charge in [0.1, 0.15) is 14.1 Å². The number of benzene rings is 1. The number of sulfonamides is 1. The molecule has 1 aliphatic heterocycles. The fourth-order valence-electron chi connectivity index (χ4n) is 3.73. The molecule has 1 aromatic carbocycles. The van der Waals surface area contributed by atoms with Crippen molar-refractivity contribution < 1.29 is 13.2 Å². The highest BCUT2D eigenvalue weighted by molar-refractivity contribution is 7.91. The zero-order valence-corrected chi connectivity index (χ0v) is 20.7. The van der Waals surface area contributed by atoms with Crippen LogP contribution in [0.5, 0.6) is 0 Å². The average molecular weight is 490 g/mol. The van der Waals surface area contributed by atoms with Crippen molar-refractivity contribution in [3.05, 3.63) is 57.9 Å². The van der Waals surface area contributed by atoms with Crippen LogP contribution in [0.2, 0.25) is 0 Å². The molecule has 0 aliphatic carbocycles. The van der Waals surface area contributed by atoms with Crippen LogP contribution >= 0.6 is 22.7 Å². The molecule has 1 N–H and O–H groups in total. The lowest BCUT2D eigenvalue weighted by Gasteiger charge is -2.26. The maximum Gasteiger partial charge on any atom is 0.265 e. The Labute approximate surface area is 197 Å². The van der Waals surface area contributed by atoms with Crippen molar-refractivity contribution in [2.75, 3.05) is 19.6 Å². The molecule has 3 aromatic rings. The molecule has 32 heavy (non-hydrogen) atoms. The fraction of sp³-hybridized carbons (Fsp3) is 0.391. The molecule has 0 bridgehead atoms. The van der Waals surface area contributed by atoms with E-state index in [-0.39, 0.29) is 16.0 Å². The van der Waals surface area contributed by atoms with Crippen molar-refractivity contribution >= 4 is 38.6 Å². The molecule has 6 nitrogen and oxygen atoms in total. The molecule has 1 atom stereocenters. The van der Waals surface area contributed by atoms with Gasteiger partial charge in [-0.15, -0.1) is 22.7 Å². The van der Waals surface area contributed by atoms with Crippen LogP contribution in [0.3, 0.4) is 0 Å². The number of thiazole rings is 1. The summed E-state index contributed by atoms with van der Waals surface area (Å²) in [6, 6.07) is 11.5. The topological polar surface area (TPSA) is 79.4 Å². The van der Waals surface area contributed by atoms with E-state index in [1.807, 2.05) is 49.1 Å². The first-order chi connectivity index (χ1) is 15.3. The van der Waals surface area contributed by atoms with Gasteiger partial charge in [-0.05, 0) is 43.7 Å². The summed E-state index contributed by atoms with van der Waals surface area (Å²) in [5.74, 6) is 0.0981. The van der Waals surface area contributed by atoms with Gasteiger partial charge in [0, 0.05) is 30.6 Å². The summed E-state index contributed by atoms with van der Waals surface area (Å²) in [6.45, 7) is 5.74. The third-order valence-electron chi connectivity index (χ3n) is 5.67. The molecule has 0 spiro atoms. The number of piperidine rings is 1. The summed E-state index contributed by atoms with van der Waals surface area (Å²) in [4.78, 5) is 20.0. The summed E-state index contributed by atoms with van der Waals surface area (Å²) >= 11 is 2.51. The zero-order chi connectivity index (χ0) is 22.7. The van der Waals surface area contributed by atoms with Crippen LogP contribution in [0.1, 0.15) is 53.0 Å². The third kappa shape index (κ3) is 5.11. The van der Waals surface area contributed by atoms with Crippen molar-refractivity contribution in [3.63, 3.8) is 0 Å². The molecule has 1 aliphatic rings. The Kier molecular flexibility index (Phi) is 7.09. The number of aryl methyl sites for hydroxylation is 1. The van der Waals surface area contributed by atoms with Gasteiger partial charge >= 0.3 is 0 Å². The van der Waals surface area contributed by atoms with Gasteiger partial charge in [0.05, 0.1) is 5.69 Å². The van der Waals surface area contributed by atoms with E-state index in [0.717, 1.165) is 37.1 Å². The molecule has 1 unspecified atom stereocenters. The first-order valence-electron chi connectivity index (χ1n) is 10.8. The average Bonchev–Trinajstić information content (AvgIpc) is 3.46. The summed E-state index contributed by atoms with van der Waals surface area (Å²) < 4.78 is 28.6. The van der Waals surface area contributed by atoms with Gasteiger partial charge < -0.3 is 4.90 Å². The van der Waals surface area contributed by atoms with Gasteiger partial charge in [-0.2, -0.15) is 0 Å². The summed E-state index contributed by atoms with van der Waals surface area (Å²) in [7, 11) is -3.62. The lowest BCUT2D eigenvalue weighted by Crippen LogP contribution is -2.35. The lowest BCUT2D eigenvalue weighted by molar-refractivity contribution is 0.0728. The first-order valence-corrected chi connectivity index (χ1v) is 13.9. The van der Waals surface area contributed by atoms with E-state index in [9.17, 15) is 13.2 Å². The maximum atomic E-state index is 12.9. The van der Waals surface area contributed by atoms with Crippen molar-refractivity contribution in [1.29, 1.82) is 0 Å². The quantitative estimate of drug-likeness (QED) is 0.513. The van der Waals surface area contributed by atoms with Gasteiger partial charge in [-0.25, -0.2) is 18.1 Å². The number of carbonyl (C=O) groups excluding carboxylic acids is 1. The Hall–Kier alpha value is -2.07. The van der Waals surface area contributed by atoms with Crippen molar-refractivity contribution in [2.45, 2.75) is 43.2 Å². The van der Waals surface area contributed by atoms with Crippen molar-refractivity contribution in [1.82, 2.24) is 14.6 Å². The number of nitrogens with zero attached hydrogens (tertiary/aromatic N) is 2. The smallest absolute Gasteiger partial charge is 0.265 e. The molecule has 0 saturated carbocycles. The number of hydrogen-bond donors (Lipinski definition) is 1. The predicted molar refractivity (Wildman–Crippen MR) is 130 cm³/mol. The molecular weight excluding hydrogens is 462 g/mol. The second kappa shape index (κ2) is 9.82. The summed E-state index contributed by atoms with van der Waals surface area (Å²) in [5.41, 5.74) is 2.52. The molecule has 1 saturated heterocycles. The minimum atomic E-state index is -3.62. The number of aromatic nitrogens is 1. The lowest BCUT2D eigenvalue weighted by atomic mass is 10.0. The number of carbonyl (C=O) groups is 1. The molecule has 1 fully saturated rings. The summed E-state index contributed by atoms with van der Waals surface area (Å²) in [6.07, 6.45) is 3.25. The largest absolute Gasteiger partial charge is 0.338 e. The molecule has 2 aromatic heterocycles. The predicted octanol–water partition coefficient (Wildman–Crippen LogP) is 4.89. The number of nitrogens with one attached hydrogen (secondary N) is 1. The highest BCUT2D eigenvalue weighted by Gasteiger charge is 2.25. The van der Waals surface area contributed by atoms with E-state index in [1.54, 1.807) is 11.4 Å². The highest BCUT2D eigenvalue weighted by Crippen LogP contribution is 2.34. The van der Waals surface area contributed by atoms with E-state index >= 15 is 0 Å². The van der Waals surface area contributed by atoms with Crippen molar-refractivity contribution in [3.8, 4) is 10.6 Å². The minimum absolute atomic E-state index is 0.0330. The Morgan fingerprint density at radius 1 is 1.19 bits per heavy atom. The van der Waals surface area contributed by atoms with Gasteiger partial charge in [-0.3, -0.25) is 4.79 Å². The monoisotopic (exact) mass is 489 g/mol. The Morgan fingerprint density at radius 3 is 2.62 bits per heavy atom. The number of rotatable bonds is 7. The van der Waals surface area contributed by atoms with Crippen LogP contribution in [-0.4, -0.2) is 43.8 Å². The number of likely N-dealkylation sites (tertiary alicyclic amines) is 1. The molecule has 3 heterocycles. The molecule has 170 valence electrons. The molecular formula is C23H27N3O3S3. The Balaban J connectivity index is 1.46. The van der Waals surface area contributed by atoms with Crippen molar-refractivity contribution in [2.24, 2.45) is 0 Å². The fourth-order valence-corrected chi connectivity index (χ4v) is 7.17. The van der Waals surface area contributed by atoms with Crippen LogP contribution < -0.4 is 4.72 Å². The van der Waals surface area contributed by atoms with Gasteiger partial charge in [-0.1, -0.05) is 37.3 Å². The van der Waals surface area contributed by atoms with Gasteiger partial charge in [0.2, 0.25) is 10.0 Å². The van der Waals surface area contributed by atoms with Gasteiger partial charge in [0.15, 0.2) is 0 Å². The molecule has 1 amide bonds. The molecule has 9 heteroatoms. The standard InChI is InChI=1S/C23H27N3O3S3/c1-16(18-9-5-3-6-10-18)14-24-32(28,29)20-13-19(15-30-20)22-25-17(2)21(31-22)23(27)26-11-7-4-8-12-26/h3,5-6,9-10,13,15-16,24H,4,7-8,11-12,14H2,1-2H3. The van der Waals surface area contributed by atoms with Crippen LogP contribution in [0.25, 0.3) is 10.6 Å². The first kappa shape index (κ1) is 23.1. The Bertz CT molecular complexity index is 1180. The van der Waals surface area contributed by atoms with Crippen LogP contribution in [0.4, 0.5) is 0 Å². The molecule has 4 rings (SSSR count). The normalized spacial score (nSPS) is 15.6. The Morgan fingerprint density at radius 2 is 1.91 bits per heavy atom. The van der Waals surface area contributed by atoms with Crippen LogP contribution in [-0.2, 0) is 10.0 Å². The third-order valence-corrected chi connectivity index (χ3v) is 9.73. The van der Waals surface area contributed by atoms with Crippen LogP contribution in [0.15, 0.2) is 46.0 Å². The van der Waals surface area contributed by atoms with E-state index in [0.29, 0.717) is 22.1 Å². The second-order valence-corrected chi connectivity index (χ2v) is 12.0. The molecule has 0 radical (unpaired) electrons. The second-order valence-electron chi connectivity index (χ2n) is 8.10. The number of thiophene rings is 1. The van der Waals surface area contributed by atoms with E-state index < -0.39 is 10.0 Å². The van der Waals surface area contributed by atoms with E-state index in [1.165, 1.54) is 29.1 Å². The number of hydrogen-bond acceptors (Lipinski definition) is 6. The zero-order valence-electron chi connectivity index (χ0n) is 18.2. The van der Waals surface area contributed by atoms with Gasteiger partial charge in [0.25, 0.3) is 5.91 Å².